The maximum absolute atomic E-state index is 12.4. The summed E-state index contributed by atoms with van der Waals surface area (Å²) < 4.78 is 29.8. The Morgan fingerprint density at radius 1 is 0.962 bits per heavy atom. The second kappa shape index (κ2) is 7.25. The van der Waals surface area contributed by atoms with Crippen LogP contribution in [0.5, 0.6) is 5.88 Å². The van der Waals surface area contributed by atoms with Crippen molar-refractivity contribution in [3.05, 3.63) is 77.5 Å². The summed E-state index contributed by atoms with van der Waals surface area (Å²) >= 11 is 0. The first-order valence-corrected chi connectivity index (χ1v) is 9.06. The molecule has 6 nitrogen and oxygen atoms in total. The Bertz CT molecular complexity index is 1080. The van der Waals surface area contributed by atoms with Crippen molar-refractivity contribution in [2.24, 2.45) is 0 Å². The average Bonchev–Trinajstić information content (AvgIpc) is 2.60. The maximum atomic E-state index is 12.4. The lowest BCUT2D eigenvalue weighted by molar-refractivity contribution is 0.476. The summed E-state index contributed by atoms with van der Waals surface area (Å²) in [6, 6.07) is 16.9. The Balaban J connectivity index is 1.88. The quantitative estimate of drug-likeness (QED) is 0.566. The molecule has 0 bridgehead atoms. The second-order valence-corrected chi connectivity index (χ2v) is 6.96. The molecule has 1 aromatic heterocycles. The van der Waals surface area contributed by atoms with E-state index in [0.717, 1.165) is 11.1 Å². The first kappa shape index (κ1) is 17.5. The van der Waals surface area contributed by atoms with E-state index in [0.29, 0.717) is 0 Å². The molecule has 0 radical (unpaired) electrons. The normalized spacial score (nSPS) is 10.7. The van der Waals surface area contributed by atoms with Crippen molar-refractivity contribution >= 4 is 16.1 Å². The zero-order valence-corrected chi connectivity index (χ0v) is 14.7. The van der Waals surface area contributed by atoms with Gasteiger partial charge in [-0.25, -0.2) is 4.98 Å². The maximum Gasteiger partial charge on any atom is 0.340 e. The van der Waals surface area contributed by atoms with Gasteiger partial charge in [0.1, 0.15) is 10.6 Å². The minimum absolute atomic E-state index is 0.0252. The van der Waals surface area contributed by atoms with Crippen molar-refractivity contribution in [1.82, 2.24) is 9.97 Å². The fraction of sp³-hybridized carbons (Fsp3) is 0.0526. The third-order valence-corrected chi connectivity index (χ3v) is 4.57. The van der Waals surface area contributed by atoms with Crippen molar-refractivity contribution in [1.29, 1.82) is 0 Å². The van der Waals surface area contributed by atoms with Gasteiger partial charge in [-0.1, -0.05) is 41.8 Å². The smallest absolute Gasteiger partial charge is 0.340 e. The SMILES string of the molecule is Cc1ccc(S(=O)(=O)Oc2cc(C#Cc3ccccc3)nc(N)n2)cc1. The van der Waals surface area contributed by atoms with Crippen molar-refractivity contribution in [2.45, 2.75) is 11.8 Å². The topological polar surface area (TPSA) is 95.2 Å². The molecule has 0 unspecified atom stereocenters. The monoisotopic (exact) mass is 365 g/mol. The fourth-order valence-corrected chi connectivity index (χ4v) is 2.95. The number of nitrogen functional groups attached to an aromatic ring is 1. The zero-order chi connectivity index (χ0) is 18.6. The van der Waals surface area contributed by atoms with Gasteiger partial charge in [0.05, 0.1) is 0 Å². The van der Waals surface area contributed by atoms with E-state index in [9.17, 15) is 8.42 Å². The highest BCUT2D eigenvalue weighted by molar-refractivity contribution is 7.87. The van der Waals surface area contributed by atoms with Gasteiger partial charge in [0.2, 0.25) is 11.8 Å². The molecule has 130 valence electrons. The van der Waals surface area contributed by atoms with Crippen molar-refractivity contribution in [3.63, 3.8) is 0 Å². The molecule has 1 heterocycles. The van der Waals surface area contributed by atoms with Gasteiger partial charge in [0, 0.05) is 11.6 Å². The molecule has 0 spiro atoms. The number of benzene rings is 2. The van der Waals surface area contributed by atoms with Crippen LogP contribution in [0.3, 0.4) is 0 Å². The molecule has 3 aromatic rings. The first-order chi connectivity index (χ1) is 12.4. The molecule has 0 atom stereocenters. The second-order valence-electron chi connectivity index (χ2n) is 5.42. The summed E-state index contributed by atoms with van der Waals surface area (Å²) in [4.78, 5) is 7.82. The Morgan fingerprint density at radius 2 is 1.65 bits per heavy atom. The molecule has 2 N–H and O–H groups in total. The van der Waals surface area contributed by atoms with Gasteiger partial charge in [0.25, 0.3) is 0 Å². The van der Waals surface area contributed by atoms with Crippen LogP contribution in [0.25, 0.3) is 0 Å². The summed E-state index contributed by atoms with van der Waals surface area (Å²) in [5.41, 5.74) is 7.63. The number of aryl methyl sites for hydroxylation is 1. The Hall–Kier alpha value is -3.37. The molecule has 26 heavy (non-hydrogen) atoms. The van der Waals surface area contributed by atoms with Crippen LogP contribution in [0.4, 0.5) is 5.95 Å². The van der Waals surface area contributed by atoms with E-state index in [1.54, 1.807) is 12.1 Å². The van der Waals surface area contributed by atoms with Crippen LogP contribution in [-0.4, -0.2) is 18.4 Å². The van der Waals surface area contributed by atoms with Crippen LogP contribution in [0, 0.1) is 18.8 Å². The van der Waals surface area contributed by atoms with Crippen molar-refractivity contribution < 1.29 is 12.6 Å². The van der Waals surface area contributed by atoms with Crippen LogP contribution < -0.4 is 9.92 Å². The number of hydrogen-bond donors (Lipinski definition) is 1. The van der Waals surface area contributed by atoms with Gasteiger partial charge in [-0.2, -0.15) is 13.4 Å². The lowest BCUT2D eigenvalue weighted by Gasteiger charge is -2.07. The van der Waals surface area contributed by atoms with E-state index in [1.165, 1.54) is 18.2 Å². The predicted molar refractivity (Wildman–Crippen MR) is 97.9 cm³/mol. The van der Waals surface area contributed by atoms with Gasteiger partial charge < -0.3 is 9.92 Å². The number of anilines is 1. The molecule has 0 amide bonds. The highest BCUT2D eigenvalue weighted by Gasteiger charge is 2.18. The molecule has 3 rings (SSSR count). The van der Waals surface area contributed by atoms with E-state index < -0.39 is 10.1 Å². The van der Waals surface area contributed by atoms with Crippen LogP contribution in [0.1, 0.15) is 16.8 Å². The van der Waals surface area contributed by atoms with Gasteiger partial charge in [-0.05, 0) is 37.1 Å². The largest absolute Gasteiger partial charge is 0.368 e. The molecule has 7 heteroatoms. The van der Waals surface area contributed by atoms with E-state index in [2.05, 4.69) is 21.8 Å². The van der Waals surface area contributed by atoms with E-state index >= 15 is 0 Å². The van der Waals surface area contributed by atoms with Crippen molar-refractivity contribution in [2.75, 3.05) is 5.73 Å². The summed E-state index contributed by atoms with van der Waals surface area (Å²) in [6.45, 7) is 1.86. The number of nitrogens with zero attached hydrogens (tertiary/aromatic N) is 2. The highest BCUT2D eigenvalue weighted by atomic mass is 32.2. The van der Waals surface area contributed by atoms with Crippen molar-refractivity contribution in [3.8, 4) is 17.7 Å². The Labute approximate surface area is 151 Å². The predicted octanol–water partition coefficient (Wildman–Crippen LogP) is 2.53. The lowest BCUT2D eigenvalue weighted by Crippen LogP contribution is -2.12. The molecule has 0 saturated heterocycles. The third-order valence-electron chi connectivity index (χ3n) is 3.33. The number of rotatable bonds is 3. The van der Waals surface area contributed by atoms with Gasteiger partial charge in [-0.3, -0.25) is 0 Å². The van der Waals surface area contributed by atoms with Crippen LogP contribution >= 0.6 is 0 Å². The van der Waals surface area contributed by atoms with E-state index in [1.807, 2.05) is 37.3 Å². The standard InChI is InChI=1S/C19H15N3O3S/c1-14-7-11-17(12-8-14)26(23,24)25-18-13-16(21-19(20)22-18)10-9-15-5-3-2-4-6-15/h2-8,11-13H,1H3,(H2,20,21,22). The first-order valence-electron chi connectivity index (χ1n) is 7.65. The average molecular weight is 365 g/mol. The Kier molecular flexibility index (Phi) is 4.87. The summed E-state index contributed by atoms with van der Waals surface area (Å²) in [5, 5.41) is 0. The highest BCUT2D eigenvalue weighted by Crippen LogP contribution is 2.18. The Morgan fingerprint density at radius 3 is 2.35 bits per heavy atom. The minimum Gasteiger partial charge on any atom is -0.368 e. The number of nitrogens with two attached hydrogens (primary N) is 1. The molecule has 0 aliphatic heterocycles. The molecular weight excluding hydrogens is 350 g/mol. The third kappa shape index (κ3) is 4.37. The summed E-state index contributed by atoms with van der Waals surface area (Å²) in [7, 11) is -4.02. The molecule has 2 aromatic carbocycles. The molecule has 0 saturated carbocycles. The van der Waals surface area contributed by atoms with Crippen LogP contribution in [0.15, 0.2) is 65.6 Å². The number of aromatic nitrogens is 2. The van der Waals surface area contributed by atoms with Gasteiger partial charge in [0.15, 0.2) is 0 Å². The molecular formula is C19H15N3O3S. The fourth-order valence-electron chi connectivity index (χ4n) is 2.07. The zero-order valence-electron chi connectivity index (χ0n) is 13.9. The molecule has 0 aliphatic rings. The van der Waals surface area contributed by atoms with E-state index in [4.69, 9.17) is 9.92 Å². The number of hydrogen-bond acceptors (Lipinski definition) is 6. The van der Waals surface area contributed by atoms with Crippen LogP contribution in [-0.2, 0) is 10.1 Å². The summed E-state index contributed by atoms with van der Waals surface area (Å²) in [5.74, 6) is 5.42. The minimum atomic E-state index is -4.02. The van der Waals surface area contributed by atoms with Gasteiger partial charge in [-0.15, -0.1) is 0 Å². The lowest BCUT2D eigenvalue weighted by atomic mass is 10.2. The van der Waals surface area contributed by atoms with Gasteiger partial charge >= 0.3 is 10.1 Å². The van der Waals surface area contributed by atoms with E-state index in [-0.39, 0.29) is 22.4 Å². The summed E-state index contributed by atoms with van der Waals surface area (Å²) in [6.07, 6.45) is 0. The molecule has 0 fully saturated rings. The molecule has 0 aliphatic carbocycles. The van der Waals surface area contributed by atoms with Crippen LogP contribution in [0.2, 0.25) is 0 Å².